The van der Waals surface area contributed by atoms with Gasteiger partial charge in [-0.05, 0) is 80.1 Å². The van der Waals surface area contributed by atoms with Gasteiger partial charge in [-0.3, -0.25) is 14.5 Å². The minimum absolute atomic E-state index is 0.106. The van der Waals surface area contributed by atoms with Crippen molar-refractivity contribution in [1.29, 1.82) is 0 Å². The molecule has 0 N–H and O–H groups in total. The number of amides is 2. The Balaban J connectivity index is 1.82. The molecule has 8 heteroatoms. The van der Waals surface area contributed by atoms with Gasteiger partial charge in [0.2, 0.25) is 0 Å². The van der Waals surface area contributed by atoms with Gasteiger partial charge in [-0.15, -0.1) is 0 Å². The average molecular weight is 548 g/mol. The zero-order valence-electron chi connectivity index (χ0n) is 13.5. The first-order chi connectivity index (χ1) is 12.4. The lowest BCUT2D eigenvalue weighted by Gasteiger charge is -2.12. The molecule has 1 fully saturated rings. The van der Waals surface area contributed by atoms with E-state index in [0.717, 1.165) is 25.8 Å². The van der Waals surface area contributed by atoms with Crippen molar-refractivity contribution in [3.63, 3.8) is 0 Å². The maximum atomic E-state index is 13.7. The van der Waals surface area contributed by atoms with E-state index >= 15 is 0 Å². The summed E-state index contributed by atoms with van der Waals surface area (Å²) >= 11 is 6.48. The van der Waals surface area contributed by atoms with Crippen LogP contribution in [0, 0.1) is 9.39 Å². The lowest BCUT2D eigenvalue weighted by molar-refractivity contribution is -0.121. The fraction of sp³-hybridized carbons (Fsp3) is 0.111. The summed E-state index contributed by atoms with van der Waals surface area (Å²) in [6.45, 7) is 0.106. The Bertz CT molecular complexity index is 911. The fourth-order valence-corrected chi connectivity index (χ4v) is 4.86. The number of hydrogen-bond acceptors (Lipinski definition) is 4. The van der Waals surface area contributed by atoms with Gasteiger partial charge < -0.3 is 4.74 Å². The number of carbonyl (C=O) groups is 2. The van der Waals surface area contributed by atoms with Crippen molar-refractivity contribution in [2.45, 2.75) is 6.61 Å². The molecule has 0 aromatic heterocycles. The first-order valence-corrected chi connectivity index (χ1v) is 10.1. The van der Waals surface area contributed by atoms with Gasteiger partial charge in [-0.25, -0.2) is 4.39 Å². The number of hydrogen-bond donors (Lipinski definition) is 0. The minimum Gasteiger partial charge on any atom is -0.486 e. The minimum atomic E-state index is -0.314. The lowest BCUT2D eigenvalue weighted by Crippen LogP contribution is -2.22. The highest BCUT2D eigenvalue weighted by Gasteiger charge is 2.31. The zero-order valence-corrected chi connectivity index (χ0v) is 18.0. The molecule has 1 aliphatic rings. The van der Waals surface area contributed by atoms with E-state index in [2.05, 4.69) is 38.5 Å². The van der Waals surface area contributed by atoms with Gasteiger partial charge in [0.1, 0.15) is 18.2 Å². The van der Waals surface area contributed by atoms with Crippen LogP contribution in [-0.4, -0.2) is 23.1 Å². The molecule has 134 valence electrons. The summed E-state index contributed by atoms with van der Waals surface area (Å²) in [4.78, 5) is 25.0. The van der Waals surface area contributed by atoms with Gasteiger partial charge in [0, 0.05) is 12.6 Å². The normalized spacial score (nSPS) is 15.8. The Labute approximate surface area is 176 Å². The first-order valence-electron chi connectivity index (χ1n) is 7.43. The van der Waals surface area contributed by atoms with E-state index in [4.69, 9.17) is 4.74 Å². The number of carbonyl (C=O) groups excluding carboxylic acids is 2. The van der Waals surface area contributed by atoms with E-state index in [1.165, 1.54) is 13.1 Å². The monoisotopic (exact) mass is 547 g/mol. The van der Waals surface area contributed by atoms with Crippen LogP contribution in [0.25, 0.3) is 6.08 Å². The molecule has 0 radical (unpaired) electrons. The molecule has 0 atom stereocenters. The third-order valence-corrected chi connectivity index (χ3v) is 5.99. The Morgan fingerprint density at radius 1 is 1.31 bits per heavy atom. The van der Waals surface area contributed by atoms with Crippen LogP contribution in [-0.2, 0) is 11.4 Å². The number of thioether (sulfide) groups is 1. The van der Waals surface area contributed by atoms with Gasteiger partial charge >= 0.3 is 0 Å². The molecule has 0 spiro atoms. The molecule has 26 heavy (non-hydrogen) atoms. The van der Waals surface area contributed by atoms with E-state index in [0.29, 0.717) is 20.7 Å². The second kappa shape index (κ2) is 8.10. The van der Waals surface area contributed by atoms with Crippen molar-refractivity contribution >= 4 is 67.5 Å². The quantitative estimate of drug-likeness (QED) is 0.378. The molecule has 2 aromatic rings. The molecule has 1 heterocycles. The summed E-state index contributed by atoms with van der Waals surface area (Å²) in [5, 5.41) is -0.292. The van der Waals surface area contributed by atoms with Crippen LogP contribution in [0.2, 0.25) is 0 Å². The van der Waals surface area contributed by atoms with E-state index in [1.807, 2.05) is 6.07 Å². The summed E-state index contributed by atoms with van der Waals surface area (Å²) in [5.74, 6) is -0.0360. The van der Waals surface area contributed by atoms with E-state index in [-0.39, 0.29) is 23.6 Å². The van der Waals surface area contributed by atoms with Crippen molar-refractivity contribution in [2.75, 3.05) is 7.05 Å². The molecule has 0 bridgehead atoms. The zero-order chi connectivity index (χ0) is 18.8. The smallest absolute Gasteiger partial charge is 0.293 e. The maximum Gasteiger partial charge on any atom is 0.293 e. The number of likely N-dealkylation sites (N-methyl/N-ethyl adjacent to an activating group) is 1. The molecular formula is C18H12BrFINO3S. The van der Waals surface area contributed by atoms with Gasteiger partial charge in [0.05, 0.1) is 12.9 Å². The van der Waals surface area contributed by atoms with Crippen LogP contribution in [0.15, 0.2) is 45.8 Å². The third kappa shape index (κ3) is 4.12. The van der Waals surface area contributed by atoms with Crippen LogP contribution < -0.4 is 4.74 Å². The molecule has 0 saturated carbocycles. The third-order valence-electron chi connectivity index (χ3n) is 3.63. The van der Waals surface area contributed by atoms with Gasteiger partial charge in [-0.2, -0.15) is 0 Å². The van der Waals surface area contributed by atoms with Crippen molar-refractivity contribution in [3.05, 3.63) is 66.3 Å². The topological polar surface area (TPSA) is 46.6 Å². The lowest BCUT2D eigenvalue weighted by atomic mass is 10.2. The molecule has 0 unspecified atom stereocenters. The highest BCUT2D eigenvalue weighted by molar-refractivity contribution is 14.1. The van der Waals surface area contributed by atoms with Gasteiger partial charge in [0.15, 0.2) is 0 Å². The van der Waals surface area contributed by atoms with E-state index in [9.17, 15) is 14.0 Å². The van der Waals surface area contributed by atoms with Crippen molar-refractivity contribution in [2.24, 2.45) is 0 Å². The molecule has 2 amide bonds. The Kier molecular flexibility index (Phi) is 6.03. The first kappa shape index (κ1) is 19.4. The molecule has 3 rings (SSSR count). The predicted molar refractivity (Wildman–Crippen MR) is 111 cm³/mol. The molecular weight excluding hydrogens is 536 g/mol. The predicted octanol–water partition coefficient (Wildman–Crippen LogP) is 5.44. The van der Waals surface area contributed by atoms with Gasteiger partial charge in [0.25, 0.3) is 11.1 Å². The van der Waals surface area contributed by atoms with Crippen molar-refractivity contribution in [3.8, 4) is 5.75 Å². The van der Waals surface area contributed by atoms with Crippen LogP contribution in [0.3, 0.4) is 0 Å². The highest BCUT2D eigenvalue weighted by atomic mass is 127. The summed E-state index contributed by atoms with van der Waals surface area (Å²) in [5.41, 5.74) is 1.23. The molecule has 1 saturated heterocycles. The van der Waals surface area contributed by atoms with Crippen LogP contribution in [0.1, 0.15) is 11.1 Å². The van der Waals surface area contributed by atoms with Gasteiger partial charge in [-0.1, -0.05) is 18.2 Å². The molecule has 2 aromatic carbocycles. The second-order valence-corrected chi connectivity index (χ2v) is 8.44. The second-order valence-electron chi connectivity index (χ2n) is 5.43. The van der Waals surface area contributed by atoms with Crippen molar-refractivity contribution in [1.82, 2.24) is 4.90 Å². The number of benzene rings is 2. The number of nitrogens with zero attached hydrogens (tertiary/aromatic N) is 1. The largest absolute Gasteiger partial charge is 0.486 e. The van der Waals surface area contributed by atoms with Crippen LogP contribution in [0.4, 0.5) is 9.18 Å². The van der Waals surface area contributed by atoms with E-state index in [1.54, 1.807) is 30.3 Å². The SMILES string of the molecule is CN1C(=O)S/C(=C\c2cc(Br)c(OCc3ccccc3F)c(I)c2)C1=O. The molecule has 0 aliphatic carbocycles. The summed E-state index contributed by atoms with van der Waals surface area (Å²) < 4.78 is 21.0. The average Bonchev–Trinajstić information content (AvgIpc) is 2.82. The highest BCUT2D eigenvalue weighted by Crippen LogP contribution is 2.36. The van der Waals surface area contributed by atoms with Crippen LogP contribution >= 0.6 is 50.3 Å². The summed E-state index contributed by atoms with van der Waals surface area (Å²) in [7, 11) is 1.46. The number of ether oxygens (including phenoxy) is 1. The number of halogens is 3. The Morgan fingerprint density at radius 3 is 2.65 bits per heavy atom. The summed E-state index contributed by atoms with van der Waals surface area (Å²) in [6, 6.07) is 10.1. The standard InChI is InChI=1S/C18H12BrFINO3S/c1-22-17(23)15(26-18(22)24)8-10-6-12(19)16(14(21)7-10)25-9-11-4-2-3-5-13(11)20/h2-8H,9H2,1H3/b15-8-. The summed E-state index contributed by atoms with van der Waals surface area (Å²) in [6.07, 6.45) is 1.67. The number of imide groups is 1. The Hall–Kier alpha value is -1.39. The van der Waals surface area contributed by atoms with E-state index < -0.39 is 0 Å². The molecule has 1 aliphatic heterocycles. The molecule has 4 nitrogen and oxygen atoms in total. The van der Waals surface area contributed by atoms with Crippen LogP contribution in [0.5, 0.6) is 5.75 Å². The van der Waals surface area contributed by atoms with Crippen molar-refractivity contribution < 1.29 is 18.7 Å². The Morgan fingerprint density at radius 2 is 2.04 bits per heavy atom. The maximum absolute atomic E-state index is 13.7. The number of rotatable bonds is 4. The fourth-order valence-electron chi connectivity index (χ4n) is 2.26.